The van der Waals surface area contributed by atoms with Crippen molar-refractivity contribution in [2.45, 2.75) is 13.5 Å². The van der Waals surface area contributed by atoms with Gasteiger partial charge in [-0.05, 0) is 37.3 Å². The molecule has 0 N–H and O–H groups in total. The number of benzene rings is 2. The van der Waals surface area contributed by atoms with Crippen LogP contribution in [0.15, 0.2) is 51.9 Å². The summed E-state index contributed by atoms with van der Waals surface area (Å²) in [6, 6.07) is 12.3. The smallest absolute Gasteiger partial charge is 0.337 e. The van der Waals surface area contributed by atoms with Crippen LogP contribution in [0.3, 0.4) is 0 Å². The number of hydrogen-bond donors (Lipinski definition) is 0. The third-order valence-electron chi connectivity index (χ3n) is 4.90. The van der Waals surface area contributed by atoms with Crippen LogP contribution in [-0.2, 0) is 16.0 Å². The topological polar surface area (TPSA) is 92.3 Å². The number of carbonyl (C=O) groups excluding carboxylic acids is 2. The molecule has 0 unspecified atom stereocenters. The Morgan fingerprint density at radius 2 is 2.00 bits per heavy atom. The Balaban J connectivity index is 1.79. The third-order valence-corrected chi connectivity index (χ3v) is 5.94. The fourth-order valence-electron chi connectivity index (χ4n) is 3.36. The Morgan fingerprint density at radius 1 is 1.16 bits per heavy atom. The maximum Gasteiger partial charge on any atom is 0.337 e. The summed E-state index contributed by atoms with van der Waals surface area (Å²) < 4.78 is 24.1. The monoisotopic (exact) mass is 454 g/mol. The first-order chi connectivity index (χ1) is 15.5. The zero-order valence-corrected chi connectivity index (χ0v) is 18.7. The lowest BCUT2D eigenvalue weighted by atomic mass is 10.2. The van der Waals surface area contributed by atoms with Crippen LogP contribution >= 0.6 is 11.3 Å². The van der Waals surface area contributed by atoms with Crippen LogP contribution in [-0.4, -0.2) is 43.9 Å². The van der Waals surface area contributed by atoms with Gasteiger partial charge >= 0.3 is 11.9 Å². The highest BCUT2D eigenvalue weighted by atomic mass is 32.1. The zero-order valence-electron chi connectivity index (χ0n) is 17.9. The van der Waals surface area contributed by atoms with Gasteiger partial charge in [-0.25, -0.2) is 4.79 Å². The standard InChI is InChI=1S/C23H22N2O6S/c1-4-30-11-10-25-16-9-8-15(22(27)29-3)13-19(16)32-23(25)24-21(26)18-12-14-6-5-7-17(28-2)20(14)31-18/h5-9,12-13H,4,10-11H2,1-3H3. The van der Waals surface area contributed by atoms with E-state index in [1.807, 2.05) is 29.7 Å². The van der Waals surface area contributed by atoms with Crippen molar-refractivity contribution in [2.24, 2.45) is 4.99 Å². The van der Waals surface area contributed by atoms with Crippen LogP contribution in [0.25, 0.3) is 21.2 Å². The SMILES string of the molecule is CCOCCn1c(=NC(=O)c2cc3cccc(OC)c3o2)sc2cc(C(=O)OC)ccc21. The minimum Gasteiger partial charge on any atom is -0.493 e. The summed E-state index contributed by atoms with van der Waals surface area (Å²) in [4.78, 5) is 29.7. The maximum atomic E-state index is 13.0. The predicted molar refractivity (Wildman–Crippen MR) is 120 cm³/mol. The summed E-state index contributed by atoms with van der Waals surface area (Å²) in [5.74, 6) is -0.265. The maximum absolute atomic E-state index is 13.0. The fraction of sp³-hybridized carbons (Fsp3) is 0.261. The zero-order chi connectivity index (χ0) is 22.7. The molecule has 0 aliphatic rings. The number of fused-ring (bicyclic) bond motifs is 2. The summed E-state index contributed by atoms with van der Waals surface area (Å²) in [7, 11) is 2.88. The van der Waals surface area contributed by atoms with Gasteiger partial charge < -0.3 is 23.2 Å². The van der Waals surface area contributed by atoms with Crippen LogP contribution in [0.5, 0.6) is 5.75 Å². The van der Waals surface area contributed by atoms with E-state index in [0.29, 0.717) is 41.5 Å². The molecule has 4 aromatic rings. The molecule has 9 heteroatoms. The molecular formula is C23H22N2O6S. The average Bonchev–Trinajstić information content (AvgIpc) is 3.39. The summed E-state index contributed by atoms with van der Waals surface area (Å²) in [6.07, 6.45) is 0. The fourth-order valence-corrected chi connectivity index (χ4v) is 4.46. The number of furan rings is 1. The van der Waals surface area contributed by atoms with Crippen molar-refractivity contribution in [3.63, 3.8) is 0 Å². The van der Waals surface area contributed by atoms with Gasteiger partial charge in [0.1, 0.15) is 0 Å². The molecule has 0 bridgehead atoms. The molecule has 32 heavy (non-hydrogen) atoms. The van der Waals surface area contributed by atoms with Gasteiger partial charge in [-0.3, -0.25) is 4.79 Å². The molecule has 166 valence electrons. The Labute approximate surface area is 187 Å². The predicted octanol–water partition coefficient (Wildman–Crippen LogP) is 4.02. The van der Waals surface area contributed by atoms with E-state index in [1.165, 1.54) is 18.4 Å². The van der Waals surface area contributed by atoms with Gasteiger partial charge in [-0.1, -0.05) is 23.5 Å². The van der Waals surface area contributed by atoms with Crippen LogP contribution in [0, 0.1) is 0 Å². The van der Waals surface area contributed by atoms with Gasteiger partial charge in [0.05, 0.1) is 36.6 Å². The first kappa shape index (κ1) is 21.8. The molecule has 1 amide bonds. The Kier molecular flexibility index (Phi) is 6.38. The molecule has 2 aromatic heterocycles. The van der Waals surface area contributed by atoms with Gasteiger partial charge in [0.25, 0.3) is 0 Å². The summed E-state index contributed by atoms with van der Waals surface area (Å²) in [5, 5.41) is 0.756. The molecule has 0 saturated heterocycles. The minimum absolute atomic E-state index is 0.119. The van der Waals surface area contributed by atoms with E-state index in [9.17, 15) is 9.59 Å². The second-order valence-electron chi connectivity index (χ2n) is 6.81. The lowest BCUT2D eigenvalue weighted by Crippen LogP contribution is -2.19. The summed E-state index contributed by atoms with van der Waals surface area (Å²) in [5.41, 5.74) is 1.78. The van der Waals surface area contributed by atoms with Crippen molar-refractivity contribution in [3.05, 3.63) is 58.6 Å². The first-order valence-electron chi connectivity index (χ1n) is 10.0. The van der Waals surface area contributed by atoms with Gasteiger partial charge in [0, 0.05) is 18.5 Å². The highest BCUT2D eigenvalue weighted by Crippen LogP contribution is 2.28. The number of rotatable bonds is 7. The number of thiazole rings is 1. The largest absolute Gasteiger partial charge is 0.493 e. The Hall–Kier alpha value is -3.43. The van der Waals surface area contributed by atoms with Crippen molar-refractivity contribution in [3.8, 4) is 5.75 Å². The lowest BCUT2D eigenvalue weighted by Gasteiger charge is -2.06. The van der Waals surface area contributed by atoms with Crippen molar-refractivity contribution in [1.82, 2.24) is 4.57 Å². The normalized spacial score (nSPS) is 11.9. The van der Waals surface area contributed by atoms with Gasteiger partial charge in [0.2, 0.25) is 0 Å². The first-order valence-corrected chi connectivity index (χ1v) is 10.8. The van der Waals surface area contributed by atoms with E-state index < -0.39 is 11.9 Å². The number of esters is 1. The van der Waals surface area contributed by atoms with E-state index in [-0.39, 0.29) is 5.76 Å². The summed E-state index contributed by atoms with van der Waals surface area (Å²) in [6.45, 7) is 3.47. The average molecular weight is 455 g/mol. The Bertz CT molecular complexity index is 1360. The van der Waals surface area contributed by atoms with E-state index in [2.05, 4.69) is 4.99 Å². The molecule has 8 nitrogen and oxygen atoms in total. The molecule has 2 heterocycles. The molecule has 4 rings (SSSR count). The number of amides is 1. The van der Waals surface area contributed by atoms with Crippen molar-refractivity contribution >= 4 is 44.4 Å². The Morgan fingerprint density at radius 3 is 2.75 bits per heavy atom. The van der Waals surface area contributed by atoms with E-state index >= 15 is 0 Å². The second kappa shape index (κ2) is 9.37. The molecule has 0 radical (unpaired) electrons. The van der Waals surface area contributed by atoms with E-state index in [4.69, 9.17) is 18.6 Å². The minimum atomic E-state index is -0.506. The third kappa shape index (κ3) is 4.17. The number of para-hydroxylation sites is 1. The quantitative estimate of drug-likeness (QED) is 0.309. The molecule has 0 aliphatic heterocycles. The second-order valence-corrected chi connectivity index (χ2v) is 7.82. The van der Waals surface area contributed by atoms with Crippen LogP contribution in [0.1, 0.15) is 27.8 Å². The highest BCUT2D eigenvalue weighted by molar-refractivity contribution is 7.16. The van der Waals surface area contributed by atoms with Crippen molar-refractivity contribution < 1.29 is 28.2 Å². The molecular weight excluding hydrogens is 432 g/mol. The molecule has 2 aromatic carbocycles. The highest BCUT2D eigenvalue weighted by Gasteiger charge is 2.16. The lowest BCUT2D eigenvalue weighted by molar-refractivity contribution is 0.0600. The van der Waals surface area contributed by atoms with Crippen molar-refractivity contribution in [1.29, 1.82) is 0 Å². The molecule has 0 spiro atoms. The van der Waals surface area contributed by atoms with Gasteiger partial charge in [0.15, 0.2) is 21.9 Å². The van der Waals surface area contributed by atoms with Gasteiger partial charge in [-0.2, -0.15) is 4.99 Å². The number of nitrogens with zero attached hydrogens (tertiary/aromatic N) is 2. The summed E-state index contributed by atoms with van der Waals surface area (Å²) >= 11 is 1.31. The molecule has 0 aliphatic carbocycles. The van der Waals surface area contributed by atoms with Crippen molar-refractivity contribution in [2.75, 3.05) is 27.4 Å². The molecule has 0 fully saturated rings. The van der Waals surface area contributed by atoms with E-state index in [1.54, 1.807) is 31.4 Å². The van der Waals surface area contributed by atoms with Crippen LogP contribution in [0.4, 0.5) is 0 Å². The number of hydrogen-bond acceptors (Lipinski definition) is 7. The number of carbonyl (C=O) groups is 2. The van der Waals surface area contributed by atoms with Crippen LogP contribution < -0.4 is 9.54 Å². The van der Waals surface area contributed by atoms with Crippen LogP contribution in [0.2, 0.25) is 0 Å². The molecule has 0 saturated carbocycles. The van der Waals surface area contributed by atoms with Gasteiger partial charge in [-0.15, -0.1) is 0 Å². The number of methoxy groups -OCH3 is 2. The number of ether oxygens (including phenoxy) is 3. The molecule has 0 atom stereocenters. The number of aromatic nitrogens is 1. The van der Waals surface area contributed by atoms with E-state index in [0.717, 1.165) is 15.6 Å².